The third-order valence-electron chi connectivity index (χ3n) is 2.10. The van der Waals surface area contributed by atoms with Crippen LogP contribution in [0, 0.1) is 5.92 Å². The summed E-state index contributed by atoms with van der Waals surface area (Å²) in [5.41, 5.74) is 0. The maximum absolute atomic E-state index is 12.2. The Morgan fingerprint density at radius 1 is 1.24 bits per heavy atom. The lowest BCUT2D eigenvalue weighted by Gasteiger charge is -2.23. The van der Waals surface area contributed by atoms with Crippen molar-refractivity contribution in [2.75, 3.05) is 13.1 Å². The minimum absolute atomic E-state index is 0.0801. The van der Waals surface area contributed by atoms with Crippen LogP contribution in [0.3, 0.4) is 0 Å². The number of aliphatic carboxylic acids is 1. The molecule has 7 heteroatoms. The SMILES string of the molecule is CC(C)CCN(CCC(=O)O)C(=O)C(F)(F)F. The van der Waals surface area contributed by atoms with Gasteiger partial charge in [0.25, 0.3) is 0 Å². The van der Waals surface area contributed by atoms with E-state index in [0.717, 1.165) is 0 Å². The molecule has 0 spiro atoms. The molecule has 100 valence electrons. The Hall–Kier alpha value is -1.27. The standard InChI is InChI=1S/C10H16F3NO3/c1-7(2)3-5-14(6-4-8(15)16)9(17)10(11,12)13/h7H,3-6H2,1-2H3,(H,15,16). The van der Waals surface area contributed by atoms with Crippen molar-refractivity contribution in [3.05, 3.63) is 0 Å². The highest BCUT2D eigenvalue weighted by Gasteiger charge is 2.42. The van der Waals surface area contributed by atoms with Crippen molar-refractivity contribution in [3.63, 3.8) is 0 Å². The van der Waals surface area contributed by atoms with Gasteiger partial charge in [-0.1, -0.05) is 13.8 Å². The summed E-state index contributed by atoms with van der Waals surface area (Å²) in [6, 6.07) is 0. The second-order valence-corrected chi connectivity index (χ2v) is 4.12. The molecule has 0 aliphatic carbocycles. The highest BCUT2D eigenvalue weighted by Crippen LogP contribution is 2.19. The molecule has 0 aliphatic heterocycles. The van der Waals surface area contributed by atoms with Gasteiger partial charge in [0.1, 0.15) is 0 Å². The van der Waals surface area contributed by atoms with Crippen LogP contribution >= 0.6 is 0 Å². The molecule has 0 aromatic rings. The average Bonchev–Trinajstić information content (AvgIpc) is 2.14. The van der Waals surface area contributed by atoms with Crippen molar-refractivity contribution in [1.29, 1.82) is 0 Å². The summed E-state index contributed by atoms with van der Waals surface area (Å²) in [7, 11) is 0. The molecule has 17 heavy (non-hydrogen) atoms. The molecule has 0 saturated heterocycles. The third kappa shape index (κ3) is 6.80. The van der Waals surface area contributed by atoms with Crippen LogP contribution < -0.4 is 0 Å². The van der Waals surface area contributed by atoms with E-state index in [2.05, 4.69) is 0 Å². The van der Waals surface area contributed by atoms with Gasteiger partial charge in [-0.3, -0.25) is 9.59 Å². The highest BCUT2D eigenvalue weighted by atomic mass is 19.4. The molecule has 0 radical (unpaired) electrons. The first-order chi connectivity index (χ1) is 7.64. The lowest BCUT2D eigenvalue weighted by Crippen LogP contribution is -2.43. The average molecular weight is 255 g/mol. The predicted octanol–water partition coefficient (Wildman–Crippen LogP) is 1.90. The van der Waals surface area contributed by atoms with Gasteiger partial charge in [-0.15, -0.1) is 0 Å². The highest BCUT2D eigenvalue weighted by molar-refractivity contribution is 5.82. The number of nitrogens with zero attached hydrogens (tertiary/aromatic N) is 1. The van der Waals surface area contributed by atoms with Crippen molar-refractivity contribution < 1.29 is 27.9 Å². The van der Waals surface area contributed by atoms with Crippen molar-refractivity contribution >= 4 is 11.9 Å². The number of carboxylic acid groups (broad SMARTS) is 1. The van der Waals surface area contributed by atoms with Crippen LogP contribution in [0.4, 0.5) is 13.2 Å². The molecule has 0 heterocycles. The van der Waals surface area contributed by atoms with Crippen LogP contribution in [-0.4, -0.2) is 41.1 Å². The summed E-state index contributed by atoms with van der Waals surface area (Å²) in [5.74, 6) is -3.06. The largest absolute Gasteiger partial charge is 0.481 e. The molecule has 0 unspecified atom stereocenters. The summed E-state index contributed by atoms with van der Waals surface area (Å²) < 4.78 is 36.6. The molecule has 0 atom stereocenters. The van der Waals surface area contributed by atoms with E-state index in [9.17, 15) is 22.8 Å². The molecule has 0 aromatic heterocycles. The number of carbonyl (C=O) groups excluding carboxylic acids is 1. The van der Waals surface area contributed by atoms with Gasteiger partial charge in [0.2, 0.25) is 0 Å². The second kappa shape index (κ2) is 6.46. The van der Waals surface area contributed by atoms with E-state index in [0.29, 0.717) is 11.3 Å². The summed E-state index contributed by atoms with van der Waals surface area (Å²) in [5, 5.41) is 8.41. The van der Waals surface area contributed by atoms with E-state index >= 15 is 0 Å². The summed E-state index contributed by atoms with van der Waals surface area (Å²) in [6.07, 6.45) is -5.03. The molecular formula is C10H16F3NO3. The molecule has 0 rings (SSSR count). The Kier molecular flexibility index (Phi) is 5.98. The van der Waals surface area contributed by atoms with Gasteiger partial charge in [0, 0.05) is 13.1 Å². The number of alkyl halides is 3. The Bertz CT molecular complexity index is 276. The molecule has 4 nitrogen and oxygen atoms in total. The molecule has 0 aromatic carbocycles. The first-order valence-corrected chi connectivity index (χ1v) is 5.22. The van der Waals surface area contributed by atoms with Crippen LogP contribution in [0.1, 0.15) is 26.7 Å². The summed E-state index contributed by atoms with van der Waals surface area (Å²) >= 11 is 0. The second-order valence-electron chi connectivity index (χ2n) is 4.12. The normalized spacial score (nSPS) is 11.6. The van der Waals surface area contributed by atoms with E-state index in [4.69, 9.17) is 5.11 Å². The zero-order valence-corrected chi connectivity index (χ0v) is 9.75. The molecular weight excluding hydrogens is 239 g/mol. The number of rotatable bonds is 6. The topological polar surface area (TPSA) is 57.6 Å². The van der Waals surface area contributed by atoms with Gasteiger partial charge in [-0.05, 0) is 12.3 Å². The van der Waals surface area contributed by atoms with Crippen molar-refractivity contribution in [3.8, 4) is 0 Å². The van der Waals surface area contributed by atoms with Crippen molar-refractivity contribution in [2.45, 2.75) is 32.9 Å². The van der Waals surface area contributed by atoms with Gasteiger partial charge < -0.3 is 10.0 Å². The molecule has 0 aliphatic rings. The number of hydrogen-bond donors (Lipinski definition) is 1. The van der Waals surface area contributed by atoms with E-state index < -0.39 is 31.0 Å². The van der Waals surface area contributed by atoms with Gasteiger partial charge in [0.15, 0.2) is 0 Å². The van der Waals surface area contributed by atoms with E-state index in [1.165, 1.54) is 0 Å². The van der Waals surface area contributed by atoms with Crippen molar-refractivity contribution in [2.24, 2.45) is 5.92 Å². The zero-order chi connectivity index (χ0) is 13.6. The van der Waals surface area contributed by atoms with Gasteiger partial charge in [-0.2, -0.15) is 13.2 Å². The Morgan fingerprint density at radius 2 is 1.76 bits per heavy atom. The molecule has 0 saturated carbocycles. The first kappa shape index (κ1) is 15.7. The maximum Gasteiger partial charge on any atom is 0.471 e. The Morgan fingerprint density at radius 3 is 2.12 bits per heavy atom. The Labute approximate surface area is 97.4 Å². The molecule has 1 amide bonds. The van der Waals surface area contributed by atoms with Crippen molar-refractivity contribution in [1.82, 2.24) is 4.90 Å². The maximum atomic E-state index is 12.2. The molecule has 1 N–H and O–H groups in total. The number of carboxylic acids is 1. The van der Waals surface area contributed by atoms with Crippen LogP contribution in [0.2, 0.25) is 0 Å². The fraction of sp³-hybridized carbons (Fsp3) is 0.800. The van der Waals surface area contributed by atoms with Crippen LogP contribution in [0.25, 0.3) is 0 Å². The smallest absolute Gasteiger partial charge is 0.471 e. The summed E-state index contributed by atoms with van der Waals surface area (Å²) in [6.45, 7) is 3.13. The number of amides is 1. The van der Waals surface area contributed by atoms with E-state index in [1.807, 2.05) is 13.8 Å². The van der Waals surface area contributed by atoms with E-state index in [-0.39, 0.29) is 12.5 Å². The number of halogens is 3. The molecule has 0 bridgehead atoms. The van der Waals surface area contributed by atoms with Crippen LogP contribution in [0.15, 0.2) is 0 Å². The minimum atomic E-state index is -4.95. The van der Waals surface area contributed by atoms with Gasteiger partial charge in [0.05, 0.1) is 6.42 Å². The quantitative estimate of drug-likeness (QED) is 0.788. The van der Waals surface area contributed by atoms with E-state index in [1.54, 1.807) is 0 Å². The lowest BCUT2D eigenvalue weighted by atomic mass is 10.1. The lowest BCUT2D eigenvalue weighted by molar-refractivity contribution is -0.185. The Balaban J connectivity index is 4.49. The monoisotopic (exact) mass is 255 g/mol. The fourth-order valence-corrected chi connectivity index (χ4v) is 1.14. The molecule has 0 fully saturated rings. The number of carbonyl (C=O) groups is 2. The zero-order valence-electron chi connectivity index (χ0n) is 9.75. The van der Waals surface area contributed by atoms with Crippen LogP contribution in [-0.2, 0) is 9.59 Å². The van der Waals surface area contributed by atoms with Crippen LogP contribution in [0.5, 0.6) is 0 Å². The minimum Gasteiger partial charge on any atom is -0.481 e. The predicted molar refractivity (Wildman–Crippen MR) is 54.3 cm³/mol. The van der Waals surface area contributed by atoms with Gasteiger partial charge in [-0.25, -0.2) is 0 Å². The number of hydrogen-bond acceptors (Lipinski definition) is 2. The summed E-state index contributed by atoms with van der Waals surface area (Å²) in [4.78, 5) is 21.8. The van der Waals surface area contributed by atoms with Gasteiger partial charge >= 0.3 is 18.1 Å². The third-order valence-corrected chi connectivity index (χ3v) is 2.10. The fourth-order valence-electron chi connectivity index (χ4n) is 1.14. The first-order valence-electron chi connectivity index (χ1n) is 5.22.